The number of hydrogen-bond acceptors (Lipinski definition) is 4. The monoisotopic (exact) mass is 349 g/mol. The van der Waals surface area contributed by atoms with Gasteiger partial charge in [-0.3, -0.25) is 4.79 Å². The normalized spacial score (nSPS) is 11.2. The number of carboxylic acid groups (broad SMARTS) is 2. The van der Waals surface area contributed by atoms with E-state index in [1.54, 1.807) is 18.2 Å². The number of carbonyl (C=O) groups is 2. The molecule has 2 aromatic rings. The standard InChI is InChI=1S/C16H15NO6S/c18-15(19)9-10-17-24(22,23)12-7-5-11(6-8-12)13-3-1-2-4-14(13)16(20)21/h1-8,17H,9-10H2,(H,18,19)(H,20,21). The van der Waals surface area contributed by atoms with E-state index in [-0.39, 0.29) is 23.4 Å². The smallest absolute Gasteiger partial charge is 0.336 e. The minimum Gasteiger partial charge on any atom is -0.481 e. The van der Waals surface area contributed by atoms with Crippen molar-refractivity contribution in [2.24, 2.45) is 0 Å². The quantitative estimate of drug-likeness (QED) is 0.701. The first-order chi connectivity index (χ1) is 11.3. The van der Waals surface area contributed by atoms with E-state index in [1.807, 2.05) is 0 Å². The van der Waals surface area contributed by atoms with E-state index in [2.05, 4.69) is 4.72 Å². The number of hydrogen-bond donors (Lipinski definition) is 3. The molecule has 0 unspecified atom stereocenters. The second-order valence-corrected chi connectivity index (χ2v) is 6.68. The fourth-order valence-electron chi connectivity index (χ4n) is 2.11. The lowest BCUT2D eigenvalue weighted by Gasteiger charge is -2.09. The molecule has 0 spiro atoms. The lowest BCUT2D eigenvalue weighted by molar-refractivity contribution is -0.136. The Morgan fingerprint density at radius 3 is 2.17 bits per heavy atom. The minimum atomic E-state index is -3.81. The summed E-state index contributed by atoms with van der Waals surface area (Å²) in [4.78, 5) is 21.6. The number of aromatic carboxylic acids is 1. The zero-order chi connectivity index (χ0) is 17.7. The van der Waals surface area contributed by atoms with E-state index in [9.17, 15) is 23.1 Å². The van der Waals surface area contributed by atoms with E-state index in [0.29, 0.717) is 11.1 Å². The van der Waals surface area contributed by atoms with Crippen LogP contribution in [0.2, 0.25) is 0 Å². The zero-order valence-electron chi connectivity index (χ0n) is 12.5. The molecule has 8 heteroatoms. The first-order valence-electron chi connectivity index (χ1n) is 6.95. The summed E-state index contributed by atoms with van der Waals surface area (Å²) in [6.07, 6.45) is -0.316. The van der Waals surface area contributed by atoms with Crippen molar-refractivity contribution in [2.45, 2.75) is 11.3 Å². The Bertz CT molecular complexity index is 858. The van der Waals surface area contributed by atoms with Gasteiger partial charge in [-0.1, -0.05) is 30.3 Å². The summed E-state index contributed by atoms with van der Waals surface area (Å²) >= 11 is 0. The molecular weight excluding hydrogens is 334 g/mol. The van der Waals surface area contributed by atoms with Crippen LogP contribution >= 0.6 is 0 Å². The molecule has 0 amide bonds. The molecule has 0 aliphatic rings. The van der Waals surface area contributed by atoms with Crippen molar-refractivity contribution in [2.75, 3.05) is 6.54 Å². The van der Waals surface area contributed by atoms with Gasteiger partial charge in [0.25, 0.3) is 0 Å². The third-order valence-corrected chi connectivity index (χ3v) is 4.74. The first kappa shape index (κ1) is 17.6. The summed E-state index contributed by atoms with van der Waals surface area (Å²) in [5, 5.41) is 17.7. The van der Waals surface area contributed by atoms with Crippen LogP contribution in [0.5, 0.6) is 0 Å². The van der Waals surface area contributed by atoms with Gasteiger partial charge in [0.15, 0.2) is 0 Å². The lowest BCUT2D eigenvalue weighted by Crippen LogP contribution is -2.26. The van der Waals surface area contributed by atoms with Gasteiger partial charge in [0.2, 0.25) is 10.0 Å². The summed E-state index contributed by atoms with van der Waals surface area (Å²) < 4.78 is 26.3. The molecule has 2 rings (SSSR count). The Labute approximate surface area is 138 Å². The highest BCUT2D eigenvalue weighted by Gasteiger charge is 2.15. The van der Waals surface area contributed by atoms with Crippen molar-refractivity contribution < 1.29 is 28.2 Å². The Balaban J connectivity index is 2.25. The number of benzene rings is 2. The van der Waals surface area contributed by atoms with Crippen LogP contribution in [-0.4, -0.2) is 37.1 Å². The maximum Gasteiger partial charge on any atom is 0.336 e. The van der Waals surface area contributed by atoms with Crippen molar-refractivity contribution in [3.8, 4) is 11.1 Å². The van der Waals surface area contributed by atoms with E-state index in [4.69, 9.17) is 5.11 Å². The molecule has 0 aliphatic carbocycles. The van der Waals surface area contributed by atoms with Crippen LogP contribution in [0.4, 0.5) is 0 Å². The molecule has 24 heavy (non-hydrogen) atoms. The Morgan fingerprint density at radius 1 is 0.958 bits per heavy atom. The summed E-state index contributed by atoms with van der Waals surface area (Å²) in [7, 11) is -3.81. The van der Waals surface area contributed by atoms with Crippen molar-refractivity contribution in [1.82, 2.24) is 4.72 Å². The van der Waals surface area contributed by atoms with Crippen LogP contribution in [0.3, 0.4) is 0 Å². The predicted octanol–water partition coefficient (Wildman–Crippen LogP) is 1.80. The molecule has 0 radical (unpaired) electrons. The third kappa shape index (κ3) is 4.18. The van der Waals surface area contributed by atoms with Crippen molar-refractivity contribution in [1.29, 1.82) is 0 Å². The summed E-state index contributed by atoms with van der Waals surface area (Å²) in [5.41, 5.74) is 1.16. The number of carboxylic acids is 2. The van der Waals surface area contributed by atoms with Gasteiger partial charge in [-0.05, 0) is 29.3 Å². The fourth-order valence-corrected chi connectivity index (χ4v) is 3.14. The molecule has 0 atom stereocenters. The van der Waals surface area contributed by atoms with Crippen molar-refractivity contribution in [3.05, 3.63) is 54.1 Å². The van der Waals surface area contributed by atoms with Gasteiger partial charge in [-0.2, -0.15) is 0 Å². The van der Waals surface area contributed by atoms with Crippen LogP contribution in [0.25, 0.3) is 11.1 Å². The van der Waals surface area contributed by atoms with Gasteiger partial charge in [0.05, 0.1) is 16.9 Å². The summed E-state index contributed by atoms with van der Waals surface area (Å²) in [6, 6.07) is 12.1. The van der Waals surface area contributed by atoms with Crippen LogP contribution < -0.4 is 4.72 Å². The third-order valence-electron chi connectivity index (χ3n) is 3.26. The van der Waals surface area contributed by atoms with Crippen molar-refractivity contribution in [3.63, 3.8) is 0 Å². The van der Waals surface area contributed by atoms with E-state index < -0.39 is 22.0 Å². The molecule has 3 N–H and O–H groups in total. The van der Waals surface area contributed by atoms with Gasteiger partial charge >= 0.3 is 11.9 Å². The highest BCUT2D eigenvalue weighted by Crippen LogP contribution is 2.25. The maximum atomic E-state index is 12.0. The molecule has 0 bridgehead atoms. The molecule has 126 valence electrons. The second kappa shape index (κ2) is 7.24. The molecule has 0 saturated heterocycles. The SMILES string of the molecule is O=C(O)CCNS(=O)(=O)c1ccc(-c2ccccc2C(=O)O)cc1. The van der Waals surface area contributed by atoms with Gasteiger partial charge in [0.1, 0.15) is 0 Å². The van der Waals surface area contributed by atoms with E-state index in [0.717, 1.165) is 0 Å². The van der Waals surface area contributed by atoms with E-state index >= 15 is 0 Å². The predicted molar refractivity (Wildman–Crippen MR) is 86.3 cm³/mol. The Kier molecular flexibility index (Phi) is 5.32. The molecule has 0 fully saturated rings. The maximum absolute atomic E-state index is 12.0. The van der Waals surface area contributed by atoms with Crippen LogP contribution in [-0.2, 0) is 14.8 Å². The average Bonchev–Trinajstić information content (AvgIpc) is 2.54. The molecule has 7 nitrogen and oxygen atoms in total. The average molecular weight is 349 g/mol. The van der Waals surface area contributed by atoms with Gasteiger partial charge < -0.3 is 10.2 Å². The fraction of sp³-hybridized carbons (Fsp3) is 0.125. The number of rotatable bonds is 7. The Morgan fingerprint density at radius 2 is 1.58 bits per heavy atom. The van der Waals surface area contributed by atoms with Crippen molar-refractivity contribution >= 4 is 22.0 Å². The number of sulfonamides is 1. The molecule has 0 saturated carbocycles. The lowest BCUT2D eigenvalue weighted by atomic mass is 10.00. The number of aliphatic carboxylic acids is 1. The summed E-state index contributed by atoms with van der Waals surface area (Å²) in [5.74, 6) is -2.17. The first-order valence-corrected chi connectivity index (χ1v) is 8.44. The van der Waals surface area contributed by atoms with Gasteiger partial charge in [0, 0.05) is 6.54 Å². The van der Waals surface area contributed by atoms with Crippen LogP contribution in [0, 0.1) is 0 Å². The highest BCUT2D eigenvalue weighted by molar-refractivity contribution is 7.89. The zero-order valence-corrected chi connectivity index (χ0v) is 13.3. The van der Waals surface area contributed by atoms with Crippen LogP contribution in [0.15, 0.2) is 53.4 Å². The molecule has 0 aliphatic heterocycles. The number of nitrogens with one attached hydrogen (secondary N) is 1. The molecular formula is C16H15NO6S. The largest absolute Gasteiger partial charge is 0.481 e. The van der Waals surface area contributed by atoms with Gasteiger partial charge in [-0.15, -0.1) is 0 Å². The van der Waals surface area contributed by atoms with E-state index in [1.165, 1.54) is 30.3 Å². The molecule has 0 heterocycles. The molecule has 2 aromatic carbocycles. The Hall–Kier alpha value is -2.71. The molecule has 0 aromatic heterocycles. The topological polar surface area (TPSA) is 121 Å². The highest BCUT2D eigenvalue weighted by atomic mass is 32.2. The minimum absolute atomic E-state index is 0.0237. The van der Waals surface area contributed by atoms with Gasteiger partial charge in [-0.25, -0.2) is 17.9 Å². The summed E-state index contributed by atoms with van der Waals surface area (Å²) in [6.45, 7) is -0.207. The van der Waals surface area contributed by atoms with Crippen LogP contribution in [0.1, 0.15) is 16.8 Å². The second-order valence-electron chi connectivity index (χ2n) is 4.92.